The van der Waals surface area contributed by atoms with Gasteiger partial charge in [0, 0.05) is 47.2 Å². The zero-order valence-corrected chi connectivity index (χ0v) is 33.9. The maximum Gasteiger partial charge on any atom is 0.260 e. The Bertz CT molecular complexity index is 2350. The molecule has 1 saturated carbocycles. The quantitative estimate of drug-likeness (QED) is 0.135. The van der Waals surface area contributed by atoms with Crippen LogP contribution in [0.25, 0.3) is 0 Å². The number of methoxy groups -OCH3 is 1. The van der Waals surface area contributed by atoms with Crippen LogP contribution in [0.2, 0.25) is 15.1 Å². The highest BCUT2D eigenvalue weighted by atomic mass is 35.5. The van der Waals surface area contributed by atoms with Crippen LogP contribution >= 0.6 is 34.8 Å². The summed E-state index contributed by atoms with van der Waals surface area (Å²) in [7, 11) is 1.54. The molecule has 4 aromatic rings. The molecule has 6 atom stereocenters. The second-order valence-corrected chi connectivity index (χ2v) is 17.2. The summed E-state index contributed by atoms with van der Waals surface area (Å²) >= 11 is 19.4. The maximum atomic E-state index is 15.5. The molecule has 13 heteroatoms. The number of phenolic OH excluding ortho intramolecular Hbond substituents is 1. The van der Waals surface area contributed by atoms with E-state index in [2.05, 4.69) is 22.5 Å². The van der Waals surface area contributed by atoms with Crippen LogP contribution in [-0.2, 0) is 31.1 Å². The van der Waals surface area contributed by atoms with E-state index < -0.39 is 46.8 Å². The highest BCUT2D eigenvalue weighted by molar-refractivity contribution is 6.36. The predicted molar refractivity (Wildman–Crippen MR) is 220 cm³/mol. The number of phenols is 1. The Morgan fingerprint density at radius 3 is 2.24 bits per heavy atom. The molecular weight excluding hydrogens is 799 g/mol. The Kier molecular flexibility index (Phi) is 10.0. The van der Waals surface area contributed by atoms with Gasteiger partial charge in [-0.1, -0.05) is 88.9 Å². The summed E-state index contributed by atoms with van der Waals surface area (Å²) in [6, 6.07) is 26.4. The zero-order chi connectivity index (χ0) is 40.5. The minimum Gasteiger partial charge on any atom is -0.508 e. The monoisotopic (exact) mass is 838 g/mol. The fourth-order valence-corrected chi connectivity index (χ4v) is 11.1. The number of amides is 4. The minimum atomic E-state index is -1.62. The number of hydrazine groups is 1. The van der Waals surface area contributed by atoms with Crippen molar-refractivity contribution in [1.29, 1.82) is 0 Å². The summed E-state index contributed by atoms with van der Waals surface area (Å²) in [6.45, 7) is 2.30. The first-order valence-corrected chi connectivity index (χ1v) is 20.7. The number of ether oxygens (including phenoxy) is 1. The van der Waals surface area contributed by atoms with Crippen LogP contribution < -0.4 is 10.2 Å². The van der Waals surface area contributed by atoms with Crippen molar-refractivity contribution in [2.75, 3.05) is 25.6 Å². The van der Waals surface area contributed by atoms with Crippen molar-refractivity contribution >= 4 is 64.1 Å². The van der Waals surface area contributed by atoms with Crippen molar-refractivity contribution in [1.82, 2.24) is 14.8 Å². The molecule has 3 heterocycles. The number of piperidine rings is 1. The van der Waals surface area contributed by atoms with E-state index in [-0.39, 0.29) is 47.2 Å². The molecule has 6 unspecified atom stereocenters. The molecule has 4 aromatic carbocycles. The largest absolute Gasteiger partial charge is 0.508 e. The van der Waals surface area contributed by atoms with Crippen molar-refractivity contribution in [3.8, 4) is 11.5 Å². The number of allylic oxidation sites excluding steroid dienone is 2. The number of nitrogens with one attached hydrogen (secondary N) is 1. The topological polar surface area (TPSA) is 119 Å². The molecule has 58 heavy (non-hydrogen) atoms. The number of carbonyl (C=O) groups excluding carboxylic acids is 4. The van der Waals surface area contributed by atoms with Gasteiger partial charge in [-0.2, -0.15) is 5.01 Å². The number of nitrogens with zero attached hydrogens (tertiary/aromatic N) is 3. The molecular formula is C45H41Cl3N4O6. The molecule has 0 aromatic heterocycles. The number of rotatable bonds is 8. The van der Waals surface area contributed by atoms with E-state index in [1.165, 1.54) is 22.6 Å². The standard InChI is InChI=1S/C45H41Cl3N4O6/c1-58-30-11-7-26(8-12-30)45-35(42(55)52(44(45)57)49-37-15-9-28(47)22-36(37)48)23-33-31(40(45)34-21-27(46)10-16-38(34)53)13-14-32-39(33)43(56)51(41(32)54)29-17-19-50(20-18-29)24-25-5-3-2-4-6-25/h2-13,15-16,21-22,29,32-33,35,39-40,49,53H,14,17-20,23-24H2,1H3. The third-order valence-corrected chi connectivity index (χ3v) is 13.9. The van der Waals surface area contributed by atoms with Crippen LogP contribution in [0, 0.1) is 23.7 Å². The number of hydrogen-bond donors (Lipinski definition) is 2. The van der Waals surface area contributed by atoms with E-state index in [0.717, 1.165) is 30.2 Å². The summed E-state index contributed by atoms with van der Waals surface area (Å²) in [6.07, 6.45) is 3.68. The number of imide groups is 2. The number of benzene rings is 4. The fraction of sp³-hybridized carbons (Fsp3) is 0.333. The Balaban J connectivity index is 1.13. The van der Waals surface area contributed by atoms with Crippen LogP contribution in [0.15, 0.2) is 103 Å². The third-order valence-electron chi connectivity index (χ3n) is 13.1. The number of halogens is 3. The molecule has 2 N–H and O–H groups in total. The molecule has 10 nitrogen and oxygen atoms in total. The van der Waals surface area contributed by atoms with E-state index in [0.29, 0.717) is 39.8 Å². The number of carbonyl (C=O) groups is 4. The number of aromatic hydroxyl groups is 1. The Morgan fingerprint density at radius 2 is 1.53 bits per heavy atom. The smallest absolute Gasteiger partial charge is 0.260 e. The van der Waals surface area contributed by atoms with Crippen LogP contribution in [0.5, 0.6) is 11.5 Å². The SMILES string of the molecule is COc1ccc(C23C(=O)N(Nc4ccc(Cl)cc4Cl)C(=O)C2CC2C(=CCC4C(=O)N(C5CCN(Cc6ccccc6)CC5)C(=O)C42)C3c2cc(Cl)ccc2O)cc1. The first kappa shape index (κ1) is 38.6. The van der Waals surface area contributed by atoms with Gasteiger partial charge in [0.05, 0.1) is 41.0 Å². The van der Waals surface area contributed by atoms with Gasteiger partial charge in [-0.3, -0.25) is 34.4 Å². The van der Waals surface area contributed by atoms with E-state index in [4.69, 9.17) is 39.5 Å². The van der Waals surface area contributed by atoms with Gasteiger partial charge in [0.2, 0.25) is 11.8 Å². The van der Waals surface area contributed by atoms with Gasteiger partial charge in [0.1, 0.15) is 11.5 Å². The Morgan fingerprint density at radius 1 is 0.828 bits per heavy atom. The van der Waals surface area contributed by atoms with Gasteiger partial charge < -0.3 is 9.84 Å². The third kappa shape index (κ3) is 6.19. The van der Waals surface area contributed by atoms with Gasteiger partial charge in [-0.05, 0) is 91.3 Å². The zero-order valence-electron chi connectivity index (χ0n) is 31.6. The maximum absolute atomic E-state index is 15.5. The first-order valence-electron chi connectivity index (χ1n) is 19.6. The lowest BCUT2D eigenvalue weighted by Crippen LogP contribution is -2.53. The van der Waals surface area contributed by atoms with Gasteiger partial charge in [0.15, 0.2) is 0 Å². The van der Waals surface area contributed by atoms with Crippen LogP contribution in [-0.4, -0.2) is 69.8 Å². The Hall–Kier alpha value is -4.87. The van der Waals surface area contributed by atoms with Crippen molar-refractivity contribution in [3.63, 3.8) is 0 Å². The average molecular weight is 840 g/mol. The molecule has 4 fully saturated rings. The van der Waals surface area contributed by atoms with Crippen molar-refractivity contribution < 1.29 is 29.0 Å². The molecule has 3 saturated heterocycles. The van der Waals surface area contributed by atoms with E-state index in [9.17, 15) is 14.7 Å². The number of anilines is 1. The van der Waals surface area contributed by atoms with E-state index >= 15 is 9.59 Å². The summed E-state index contributed by atoms with van der Waals surface area (Å²) in [5, 5.41) is 13.6. The highest BCUT2D eigenvalue weighted by Crippen LogP contribution is 2.65. The Labute approximate surface area is 351 Å². The summed E-state index contributed by atoms with van der Waals surface area (Å²) in [4.78, 5) is 63.6. The molecule has 2 aliphatic carbocycles. The van der Waals surface area contributed by atoms with Gasteiger partial charge >= 0.3 is 0 Å². The lowest BCUT2D eigenvalue weighted by molar-refractivity contribution is -0.144. The minimum absolute atomic E-state index is 0.107. The van der Waals surface area contributed by atoms with Gasteiger partial charge in [-0.15, -0.1) is 0 Å². The van der Waals surface area contributed by atoms with Gasteiger partial charge in [-0.25, -0.2) is 0 Å². The first-order chi connectivity index (χ1) is 28.0. The predicted octanol–water partition coefficient (Wildman–Crippen LogP) is 8.01. The van der Waals surface area contributed by atoms with Crippen LogP contribution in [0.4, 0.5) is 5.69 Å². The molecule has 298 valence electrons. The molecule has 0 radical (unpaired) electrons. The molecule has 5 aliphatic rings. The van der Waals surface area contributed by atoms with E-state index in [1.54, 1.807) is 55.6 Å². The number of hydrogen-bond acceptors (Lipinski definition) is 8. The molecule has 3 aliphatic heterocycles. The normalized spacial score (nSPS) is 27.3. The summed E-state index contributed by atoms with van der Waals surface area (Å²) in [5.41, 5.74) is 4.46. The van der Waals surface area contributed by atoms with Crippen molar-refractivity contribution in [2.45, 2.75) is 49.6 Å². The average Bonchev–Trinajstić information content (AvgIpc) is 3.61. The van der Waals surface area contributed by atoms with Crippen LogP contribution in [0.3, 0.4) is 0 Å². The van der Waals surface area contributed by atoms with Crippen LogP contribution in [0.1, 0.15) is 48.3 Å². The lowest BCUT2D eigenvalue weighted by atomic mass is 9.49. The molecule has 9 rings (SSSR count). The van der Waals surface area contributed by atoms with Crippen molar-refractivity contribution in [3.05, 3.63) is 134 Å². The summed E-state index contributed by atoms with van der Waals surface area (Å²) < 4.78 is 5.48. The number of fused-ring (bicyclic) bond motifs is 4. The lowest BCUT2D eigenvalue weighted by Gasteiger charge is -2.50. The van der Waals surface area contributed by atoms with Gasteiger partial charge in [0.25, 0.3) is 11.8 Å². The molecule has 0 spiro atoms. The molecule has 4 amide bonds. The fourth-order valence-electron chi connectivity index (χ4n) is 10.5. The second kappa shape index (κ2) is 15.1. The van der Waals surface area contributed by atoms with Crippen molar-refractivity contribution in [2.24, 2.45) is 23.7 Å². The summed E-state index contributed by atoms with van der Waals surface area (Å²) in [5.74, 6) is -5.02. The van der Waals surface area contributed by atoms with E-state index in [1.807, 2.05) is 24.3 Å². The molecule has 0 bridgehead atoms. The number of likely N-dealkylation sites (tertiary alicyclic amines) is 2. The highest BCUT2D eigenvalue weighted by Gasteiger charge is 2.71. The second-order valence-electron chi connectivity index (χ2n) is 16.0.